The van der Waals surface area contributed by atoms with Gasteiger partial charge in [-0.15, -0.1) is 0 Å². The summed E-state index contributed by atoms with van der Waals surface area (Å²) < 4.78 is 28.6. The Kier molecular flexibility index (Phi) is 6.72. The summed E-state index contributed by atoms with van der Waals surface area (Å²) in [4.78, 5) is 14.6. The van der Waals surface area contributed by atoms with E-state index in [-0.39, 0.29) is 56.9 Å². The summed E-state index contributed by atoms with van der Waals surface area (Å²) in [5.74, 6) is 0. The zero-order valence-corrected chi connectivity index (χ0v) is 21.3. The Morgan fingerprint density at radius 2 is 1.61 bits per heavy atom. The van der Waals surface area contributed by atoms with Crippen LogP contribution < -0.4 is 56.7 Å². The molecule has 28 heavy (non-hydrogen) atoms. The summed E-state index contributed by atoms with van der Waals surface area (Å²) in [6.07, 6.45) is 6.11. The Bertz CT molecular complexity index is 855. The maximum atomic E-state index is 12.5. The van der Waals surface area contributed by atoms with Crippen LogP contribution in [0.25, 0.3) is 4.72 Å². The summed E-state index contributed by atoms with van der Waals surface area (Å²) in [5.41, 5.74) is 5.73. The fraction of sp³-hybridized carbons (Fsp3) is 0.650. The van der Waals surface area contributed by atoms with Gasteiger partial charge in [0.15, 0.2) is 16.1 Å². The van der Waals surface area contributed by atoms with Crippen molar-refractivity contribution in [3.8, 4) is 0 Å². The number of benzene rings is 1. The molecule has 1 aliphatic heterocycles. The normalized spacial score (nSPS) is 19.4. The summed E-state index contributed by atoms with van der Waals surface area (Å²) in [7, 11) is -3.79. The van der Waals surface area contributed by atoms with Crippen LogP contribution in [0.5, 0.6) is 0 Å². The maximum Gasteiger partial charge on any atom is 1.00 e. The maximum absolute atomic E-state index is 12.5. The predicted molar refractivity (Wildman–Crippen MR) is 107 cm³/mol. The van der Waals surface area contributed by atoms with Gasteiger partial charge in [-0.1, -0.05) is 6.07 Å². The van der Waals surface area contributed by atoms with E-state index >= 15 is 0 Å². The van der Waals surface area contributed by atoms with Crippen LogP contribution in [-0.4, -0.2) is 43.2 Å². The summed E-state index contributed by atoms with van der Waals surface area (Å²) in [6, 6.07) is 1.53. The van der Waals surface area contributed by atoms with Crippen molar-refractivity contribution in [2.75, 3.05) is 18.4 Å². The number of hydrogen-bond donors (Lipinski definition) is 1. The number of carbonyl (C=O) groups excluding carboxylic acids is 1. The van der Waals surface area contributed by atoms with E-state index in [1.165, 1.54) is 22.3 Å². The van der Waals surface area contributed by atoms with E-state index in [1.54, 1.807) is 0 Å². The third kappa shape index (κ3) is 4.38. The van der Waals surface area contributed by atoms with Crippen LogP contribution in [0.2, 0.25) is 0 Å². The Morgan fingerprint density at radius 1 is 1.07 bits per heavy atom. The molecular weight excluding hydrogens is 401 g/mol. The zero-order valence-electron chi connectivity index (χ0n) is 17.3. The molecule has 4 rings (SSSR count). The molecule has 1 heterocycles. The van der Waals surface area contributed by atoms with Crippen LogP contribution in [0, 0.1) is 0 Å². The first kappa shape index (κ1) is 22.7. The third-order valence-corrected chi connectivity index (χ3v) is 7.69. The van der Waals surface area contributed by atoms with Gasteiger partial charge in [0.05, 0.1) is 5.25 Å². The van der Waals surface area contributed by atoms with Crippen molar-refractivity contribution in [2.45, 2.75) is 70.1 Å². The molecule has 8 heteroatoms. The van der Waals surface area contributed by atoms with E-state index in [0.29, 0.717) is 13.1 Å². The van der Waals surface area contributed by atoms with Gasteiger partial charge in [-0.2, -0.15) is 0 Å². The predicted octanol–water partition coefficient (Wildman–Crippen LogP) is 0.386. The van der Waals surface area contributed by atoms with E-state index in [9.17, 15) is 13.2 Å². The molecular formula is C20H28KN3O3S. The molecule has 0 saturated carbocycles. The number of likely N-dealkylation sites (tertiary alicyclic amines) is 1. The molecule has 0 radical (unpaired) electrons. The quantitative estimate of drug-likeness (QED) is 0.705. The number of sulfonamides is 1. The van der Waals surface area contributed by atoms with Crippen molar-refractivity contribution in [3.05, 3.63) is 33.0 Å². The average Bonchev–Trinajstić information content (AvgIpc) is 3.10. The van der Waals surface area contributed by atoms with Crippen molar-refractivity contribution < 1.29 is 64.6 Å². The smallest absolute Gasteiger partial charge is 0.423 e. The Balaban J connectivity index is 0.00000225. The van der Waals surface area contributed by atoms with E-state index < -0.39 is 21.3 Å². The number of aryl methyl sites for hydroxylation is 2. The number of hydrogen-bond acceptors (Lipinski definition) is 4. The minimum atomic E-state index is -3.79. The molecule has 1 saturated heterocycles. The number of nitrogens with zero attached hydrogens (tertiary/aromatic N) is 2. The van der Waals surface area contributed by atoms with Crippen molar-refractivity contribution in [3.63, 3.8) is 0 Å². The Hall–Kier alpha value is 0.0364. The van der Waals surface area contributed by atoms with Crippen LogP contribution in [0.15, 0.2) is 6.07 Å². The Morgan fingerprint density at radius 3 is 2.11 bits per heavy atom. The van der Waals surface area contributed by atoms with Gasteiger partial charge in [0, 0.05) is 18.6 Å². The van der Waals surface area contributed by atoms with Crippen molar-refractivity contribution in [1.82, 2.24) is 4.90 Å². The summed E-state index contributed by atoms with van der Waals surface area (Å²) in [6.45, 7) is 7.01. The van der Waals surface area contributed by atoms with Crippen molar-refractivity contribution in [1.29, 1.82) is 0 Å². The molecule has 6 nitrogen and oxygen atoms in total. The molecule has 3 aliphatic rings. The fourth-order valence-electron chi connectivity index (χ4n) is 4.46. The largest absolute Gasteiger partial charge is 1.00 e. The van der Waals surface area contributed by atoms with Crippen LogP contribution in [0.4, 0.5) is 10.5 Å². The number of carbonyl (C=O) groups is 1. The molecule has 0 bridgehead atoms. The Labute approximate surface area is 210 Å². The van der Waals surface area contributed by atoms with E-state index in [0.717, 1.165) is 44.2 Å². The minimum absolute atomic E-state index is 0. The molecule has 1 fully saturated rings. The monoisotopic (exact) mass is 429 g/mol. The summed E-state index contributed by atoms with van der Waals surface area (Å²) >= 11 is 0. The first-order valence-corrected chi connectivity index (χ1v) is 11.3. The van der Waals surface area contributed by atoms with E-state index in [2.05, 4.69) is 41.8 Å². The molecule has 2 aliphatic carbocycles. The molecule has 1 aromatic rings. The fourth-order valence-corrected chi connectivity index (χ4v) is 5.62. The van der Waals surface area contributed by atoms with Gasteiger partial charge in [0.1, 0.15) is 0 Å². The van der Waals surface area contributed by atoms with Crippen LogP contribution >= 0.6 is 0 Å². The van der Waals surface area contributed by atoms with Crippen LogP contribution in [0.3, 0.4) is 0 Å². The second-order valence-corrected chi connectivity index (χ2v) is 10.8. The molecule has 2 amide bonds. The topological polar surface area (TPSA) is 80.6 Å². The number of anilines is 1. The SMILES string of the molecule is CC(C)(C)N1CC(S(=O)(=O)[N-]C(=O)Nc2c3c(cc4c2CCC4)CCC3)C1.[K+]. The van der Waals surface area contributed by atoms with Crippen LogP contribution in [-0.2, 0) is 35.7 Å². The van der Waals surface area contributed by atoms with Gasteiger partial charge in [0.25, 0.3) is 0 Å². The molecule has 0 unspecified atom stereocenters. The molecule has 1 N–H and O–H groups in total. The number of fused-ring (bicyclic) bond motifs is 2. The van der Waals surface area contributed by atoms with Gasteiger partial charge < -0.3 is 10.0 Å². The first-order valence-electron chi connectivity index (χ1n) is 9.84. The molecule has 0 spiro atoms. The zero-order chi connectivity index (χ0) is 19.4. The first-order chi connectivity index (χ1) is 12.6. The second-order valence-electron chi connectivity index (χ2n) is 8.97. The number of amides is 2. The van der Waals surface area contributed by atoms with Gasteiger partial charge >= 0.3 is 51.4 Å². The number of urea groups is 1. The van der Waals surface area contributed by atoms with Crippen LogP contribution in [0.1, 0.15) is 55.9 Å². The van der Waals surface area contributed by atoms with Gasteiger partial charge in [-0.25, -0.2) is 8.42 Å². The van der Waals surface area contributed by atoms with Gasteiger partial charge in [-0.05, 0) is 87.2 Å². The minimum Gasteiger partial charge on any atom is -0.423 e. The van der Waals surface area contributed by atoms with Gasteiger partial charge in [0.2, 0.25) is 0 Å². The molecule has 0 aromatic heterocycles. The van der Waals surface area contributed by atoms with E-state index in [1.807, 2.05) is 0 Å². The molecule has 0 atom stereocenters. The number of nitrogens with one attached hydrogen (secondary N) is 1. The van der Waals surface area contributed by atoms with Gasteiger partial charge in [-0.3, -0.25) is 9.69 Å². The molecule has 148 valence electrons. The van der Waals surface area contributed by atoms with Crippen molar-refractivity contribution >= 4 is 21.7 Å². The average molecular weight is 430 g/mol. The standard InChI is InChI=1S/C20H29N3O3S.K/c1-20(2,3)23-11-15(12-23)27(25,26)22-19(24)21-18-16-8-4-6-13(16)10-14-7-5-9-17(14)18;/h10,15H,4-9,11-12H2,1-3H3,(H2,21,22,24);/q;+1/p-1. The number of rotatable bonds is 3. The van der Waals surface area contributed by atoms with E-state index in [4.69, 9.17) is 0 Å². The van der Waals surface area contributed by atoms with Crippen molar-refractivity contribution in [2.24, 2.45) is 0 Å². The summed E-state index contributed by atoms with van der Waals surface area (Å²) in [5, 5.41) is 2.26. The molecule has 1 aromatic carbocycles. The third-order valence-electron chi connectivity index (χ3n) is 6.13. The second kappa shape index (κ2) is 8.28.